The van der Waals surface area contributed by atoms with Gasteiger partial charge in [-0.25, -0.2) is 0 Å². The Balaban J connectivity index is 1.32. The van der Waals surface area contributed by atoms with Crippen molar-refractivity contribution < 1.29 is 0 Å². The summed E-state index contributed by atoms with van der Waals surface area (Å²) in [6, 6.07) is 80.0. The topological polar surface area (TPSA) is 38.7 Å². The third-order valence-corrected chi connectivity index (χ3v) is 12.7. The molecule has 0 aliphatic rings. The fourth-order valence-corrected chi connectivity index (χ4v) is 10.0. The first-order valence-electron chi connectivity index (χ1n) is 20.5. The van der Waals surface area contributed by atoms with E-state index < -0.39 is 0 Å². The van der Waals surface area contributed by atoms with Crippen molar-refractivity contribution >= 4 is 31.5 Å². The fraction of sp³-hybridized carbons (Fsp3) is 0. The van der Waals surface area contributed by atoms with Crippen LogP contribution >= 0.6 is 11.3 Å². The molecule has 0 unspecified atom stereocenters. The Labute approximate surface area is 358 Å². The lowest BCUT2D eigenvalue weighted by Crippen LogP contribution is -2.03. The maximum atomic E-state index is 5.16. The second-order valence-corrected chi connectivity index (χ2v) is 16.2. The van der Waals surface area contributed by atoms with Crippen LogP contribution in [0.1, 0.15) is 0 Å². The molecule has 0 aliphatic carbocycles. The molecule has 286 valence electrons. The largest absolute Gasteiger partial charge is 0.135 e. The van der Waals surface area contributed by atoms with Crippen molar-refractivity contribution in [1.29, 1.82) is 0 Å². The van der Waals surface area contributed by atoms with Gasteiger partial charge >= 0.3 is 0 Å². The van der Waals surface area contributed by atoms with E-state index in [0.29, 0.717) is 0 Å². The van der Waals surface area contributed by atoms with Crippen molar-refractivity contribution in [2.75, 3.05) is 0 Å². The molecule has 0 radical (unpaired) electrons. The lowest BCUT2D eigenvalue weighted by Gasteiger charge is -2.23. The Hall–Kier alpha value is -7.79. The average Bonchev–Trinajstić information content (AvgIpc) is 3.73. The number of nitrogens with zero attached hydrogens (tertiary/aromatic N) is 3. The van der Waals surface area contributed by atoms with E-state index in [1.54, 1.807) is 0 Å². The van der Waals surface area contributed by atoms with Gasteiger partial charge in [-0.1, -0.05) is 212 Å². The predicted octanol–water partition coefficient (Wildman–Crippen LogP) is 15.6. The van der Waals surface area contributed by atoms with Gasteiger partial charge in [0.2, 0.25) is 0 Å². The van der Waals surface area contributed by atoms with Crippen molar-refractivity contribution in [2.24, 2.45) is 0 Å². The number of benzene rings is 9. The molecule has 2 aromatic heterocycles. The summed E-state index contributed by atoms with van der Waals surface area (Å²) in [7, 11) is 0. The zero-order chi connectivity index (χ0) is 40.5. The standard InChI is InChI=1S/C57H37N3S/c1-5-20-38(21-6-1)42-28-13-15-30-45(42)47-36-37-51-54(48-32-17-18-35-50(48)61-51)52(47)49-34-19-33-44(40-24-9-3-10-25-40)53(49)57-55(56(58-60-59-57)41-26-11-4-12-27-41)46-31-16-14-29-43(46)39-22-7-2-8-23-39/h1-37H. The smallest absolute Gasteiger partial charge is 0.106 e. The van der Waals surface area contributed by atoms with Crippen molar-refractivity contribution in [1.82, 2.24) is 15.4 Å². The van der Waals surface area contributed by atoms with Gasteiger partial charge in [-0.2, -0.15) is 0 Å². The van der Waals surface area contributed by atoms with Crippen molar-refractivity contribution in [3.8, 4) is 89.3 Å². The third kappa shape index (κ3) is 6.51. The fourth-order valence-electron chi connectivity index (χ4n) is 8.91. The van der Waals surface area contributed by atoms with Crippen LogP contribution in [0.15, 0.2) is 224 Å². The van der Waals surface area contributed by atoms with E-state index in [-0.39, 0.29) is 0 Å². The Bertz CT molecular complexity index is 3340. The van der Waals surface area contributed by atoms with Gasteiger partial charge in [-0.15, -0.1) is 21.5 Å². The van der Waals surface area contributed by atoms with Crippen LogP contribution in [0.5, 0.6) is 0 Å². The highest BCUT2D eigenvalue weighted by Gasteiger charge is 2.28. The Morgan fingerprint density at radius 2 is 0.738 bits per heavy atom. The Kier molecular flexibility index (Phi) is 9.38. The molecule has 0 fully saturated rings. The lowest BCUT2D eigenvalue weighted by atomic mass is 9.81. The number of hydrogen-bond acceptors (Lipinski definition) is 4. The Morgan fingerprint density at radius 3 is 1.39 bits per heavy atom. The number of fused-ring (bicyclic) bond motifs is 3. The number of aromatic nitrogens is 3. The van der Waals surface area contributed by atoms with Crippen molar-refractivity contribution in [2.45, 2.75) is 0 Å². The average molecular weight is 796 g/mol. The van der Waals surface area contributed by atoms with Gasteiger partial charge in [0.25, 0.3) is 0 Å². The minimum atomic E-state index is 0.769. The zero-order valence-corrected chi connectivity index (χ0v) is 33.9. The maximum absolute atomic E-state index is 5.16. The van der Waals surface area contributed by atoms with Crippen LogP contribution in [-0.4, -0.2) is 15.4 Å². The van der Waals surface area contributed by atoms with E-state index in [2.05, 4.69) is 224 Å². The van der Waals surface area contributed by atoms with Gasteiger partial charge in [0.1, 0.15) is 11.4 Å². The molecule has 11 rings (SSSR count). The molecule has 0 amide bonds. The number of hydrogen-bond donors (Lipinski definition) is 0. The SMILES string of the molecule is c1ccc(-c2ccccc2-c2ccc3sc4ccccc4c3c2-c2cccc(-c3ccccc3)c2-c2nnnc(-c3ccccc3)c2-c2ccccc2-c2ccccc2)cc1. The lowest BCUT2D eigenvalue weighted by molar-refractivity contribution is 0.879. The molecule has 0 saturated heterocycles. The second kappa shape index (κ2) is 15.8. The van der Waals surface area contributed by atoms with Crippen molar-refractivity contribution in [3.63, 3.8) is 0 Å². The first-order valence-corrected chi connectivity index (χ1v) is 21.4. The van der Waals surface area contributed by atoms with Gasteiger partial charge in [0, 0.05) is 36.9 Å². The summed E-state index contributed by atoms with van der Waals surface area (Å²) in [6.07, 6.45) is 0. The molecule has 0 N–H and O–H groups in total. The van der Waals surface area contributed by atoms with Crippen LogP contribution in [0.25, 0.3) is 109 Å². The van der Waals surface area contributed by atoms with Crippen LogP contribution in [0.4, 0.5) is 0 Å². The molecule has 4 heteroatoms. The summed E-state index contributed by atoms with van der Waals surface area (Å²) in [4.78, 5) is 0. The molecule has 3 nitrogen and oxygen atoms in total. The van der Waals surface area contributed by atoms with E-state index in [0.717, 1.165) is 78.1 Å². The highest BCUT2D eigenvalue weighted by Crippen LogP contribution is 2.52. The third-order valence-electron chi connectivity index (χ3n) is 11.6. The van der Waals surface area contributed by atoms with Crippen LogP contribution in [0, 0.1) is 0 Å². The molecule has 0 bridgehead atoms. The maximum Gasteiger partial charge on any atom is 0.106 e. The monoisotopic (exact) mass is 795 g/mol. The minimum Gasteiger partial charge on any atom is -0.135 e. The molecular formula is C57H37N3S. The van der Waals surface area contributed by atoms with Crippen LogP contribution < -0.4 is 0 Å². The van der Waals surface area contributed by atoms with Gasteiger partial charge in [0.15, 0.2) is 0 Å². The summed E-state index contributed by atoms with van der Waals surface area (Å²) >= 11 is 1.84. The summed E-state index contributed by atoms with van der Waals surface area (Å²) < 4.78 is 2.48. The molecular weight excluding hydrogens is 759 g/mol. The number of rotatable bonds is 8. The van der Waals surface area contributed by atoms with Crippen LogP contribution in [0.2, 0.25) is 0 Å². The molecule has 61 heavy (non-hydrogen) atoms. The molecule has 0 saturated carbocycles. The van der Waals surface area contributed by atoms with Crippen LogP contribution in [-0.2, 0) is 0 Å². The van der Waals surface area contributed by atoms with Gasteiger partial charge < -0.3 is 0 Å². The molecule has 11 aromatic rings. The second-order valence-electron chi connectivity index (χ2n) is 15.1. The van der Waals surface area contributed by atoms with Crippen molar-refractivity contribution in [3.05, 3.63) is 224 Å². The van der Waals surface area contributed by atoms with E-state index in [9.17, 15) is 0 Å². The number of thiophene rings is 1. The normalized spacial score (nSPS) is 11.3. The molecule has 9 aromatic carbocycles. The zero-order valence-electron chi connectivity index (χ0n) is 33.1. The first kappa shape index (κ1) is 36.3. The predicted molar refractivity (Wildman–Crippen MR) is 256 cm³/mol. The van der Waals surface area contributed by atoms with E-state index >= 15 is 0 Å². The molecule has 2 heterocycles. The van der Waals surface area contributed by atoms with E-state index in [1.807, 2.05) is 17.4 Å². The summed E-state index contributed by atoms with van der Waals surface area (Å²) in [5.41, 5.74) is 16.7. The van der Waals surface area contributed by atoms with Crippen LogP contribution in [0.3, 0.4) is 0 Å². The van der Waals surface area contributed by atoms with E-state index in [1.165, 1.54) is 31.3 Å². The molecule has 0 atom stereocenters. The first-order chi connectivity index (χ1) is 30.3. The van der Waals surface area contributed by atoms with Gasteiger partial charge in [0.05, 0.1) is 0 Å². The molecule has 0 aliphatic heterocycles. The minimum absolute atomic E-state index is 0.769. The summed E-state index contributed by atoms with van der Waals surface area (Å²) in [5, 5.41) is 17.1. The van der Waals surface area contributed by atoms with E-state index in [4.69, 9.17) is 10.2 Å². The van der Waals surface area contributed by atoms with Gasteiger partial charge in [-0.3, -0.25) is 0 Å². The summed E-state index contributed by atoms with van der Waals surface area (Å²) in [6.45, 7) is 0. The highest BCUT2D eigenvalue weighted by molar-refractivity contribution is 7.26. The Morgan fingerprint density at radius 1 is 0.262 bits per heavy atom. The summed E-state index contributed by atoms with van der Waals surface area (Å²) in [5.74, 6) is 0. The quantitative estimate of drug-likeness (QED) is 0.154. The highest BCUT2D eigenvalue weighted by atomic mass is 32.1. The van der Waals surface area contributed by atoms with Gasteiger partial charge in [-0.05, 0) is 78.5 Å². The molecule has 0 spiro atoms.